The van der Waals surface area contributed by atoms with Crippen molar-refractivity contribution in [1.29, 1.82) is 0 Å². The van der Waals surface area contributed by atoms with Crippen LogP contribution >= 0.6 is 34.7 Å². The maximum absolute atomic E-state index is 13.2. The Hall–Kier alpha value is -2.09. The minimum Gasteiger partial charge on any atom is -0.467 e. The molecule has 2 atom stereocenters. The van der Waals surface area contributed by atoms with Gasteiger partial charge >= 0.3 is 0 Å². The number of amides is 1. The Morgan fingerprint density at radius 2 is 2.14 bits per heavy atom. The van der Waals surface area contributed by atoms with Crippen LogP contribution in [0.1, 0.15) is 36.4 Å². The smallest absolute Gasteiger partial charge is 0.256 e. The lowest BCUT2D eigenvalue weighted by molar-refractivity contribution is -0.132. The van der Waals surface area contributed by atoms with Crippen LogP contribution in [-0.4, -0.2) is 26.9 Å². The number of thioether (sulfide) groups is 1. The van der Waals surface area contributed by atoms with E-state index in [1.165, 1.54) is 11.8 Å². The molecule has 0 saturated heterocycles. The predicted octanol–water partition coefficient (Wildman–Crippen LogP) is 5.56. The van der Waals surface area contributed by atoms with Gasteiger partial charge in [-0.25, -0.2) is 9.99 Å². The number of halogens is 1. The van der Waals surface area contributed by atoms with Gasteiger partial charge in [0.15, 0.2) is 4.34 Å². The number of rotatable bonds is 5. The summed E-state index contributed by atoms with van der Waals surface area (Å²) in [5, 5.41) is 8.56. The van der Waals surface area contributed by atoms with E-state index in [4.69, 9.17) is 16.0 Å². The third-order valence-corrected chi connectivity index (χ3v) is 6.84. The van der Waals surface area contributed by atoms with Gasteiger partial charge in [-0.2, -0.15) is 5.10 Å². The molecule has 1 aliphatic rings. The van der Waals surface area contributed by atoms with Crippen LogP contribution in [0, 0.1) is 6.92 Å². The molecule has 3 aromatic rings. The Labute approximate surface area is 176 Å². The van der Waals surface area contributed by atoms with E-state index in [9.17, 15) is 4.79 Å². The van der Waals surface area contributed by atoms with Gasteiger partial charge in [0.05, 0.1) is 17.2 Å². The van der Waals surface area contributed by atoms with Crippen LogP contribution < -0.4 is 0 Å². The molecule has 5 nitrogen and oxygen atoms in total. The van der Waals surface area contributed by atoms with Gasteiger partial charge < -0.3 is 4.42 Å². The Balaban J connectivity index is 1.60. The number of hydrogen-bond acceptors (Lipinski definition) is 6. The fraction of sp³-hybridized carbons (Fsp3) is 0.250. The standard InChI is InChI=1S/C20H18ClN3O2S2/c1-12-11-27-20(22-12)28-13(2)19(25)24-17(18-4-3-9-26-18)10-16(23-24)14-5-7-15(21)8-6-14/h3-9,11,13,17H,10H2,1-2H3/t13-,17-/m0/s1. The van der Waals surface area contributed by atoms with Crippen molar-refractivity contribution in [3.63, 3.8) is 0 Å². The third kappa shape index (κ3) is 4.01. The SMILES string of the molecule is Cc1csc(S[C@@H](C)C(=O)N2N=C(c3ccc(Cl)cc3)C[C@H]2c2ccco2)n1. The molecule has 0 saturated carbocycles. The van der Waals surface area contributed by atoms with Gasteiger partial charge in [0.1, 0.15) is 11.8 Å². The van der Waals surface area contributed by atoms with E-state index >= 15 is 0 Å². The average molecular weight is 432 g/mol. The van der Waals surface area contributed by atoms with Crippen molar-refractivity contribution in [3.8, 4) is 0 Å². The van der Waals surface area contributed by atoms with E-state index in [0.29, 0.717) is 11.4 Å². The largest absolute Gasteiger partial charge is 0.467 e. The highest BCUT2D eigenvalue weighted by Crippen LogP contribution is 2.36. The van der Waals surface area contributed by atoms with Gasteiger partial charge in [0.2, 0.25) is 0 Å². The van der Waals surface area contributed by atoms with Crippen LogP contribution in [0.4, 0.5) is 0 Å². The molecular formula is C20H18ClN3O2S2. The summed E-state index contributed by atoms with van der Waals surface area (Å²) < 4.78 is 6.48. The number of benzene rings is 1. The quantitative estimate of drug-likeness (QED) is 0.496. The predicted molar refractivity (Wildman–Crippen MR) is 113 cm³/mol. The first-order chi connectivity index (χ1) is 13.5. The van der Waals surface area contributed by atoms with Gasteiger partial charge in [-0.1, -0.05) is 35.5 Å². The first-order valence-corrected chi connectivity index (χ1v) is 10.9. The minimum absolute atomic E-state index is 0.0665. The van der Waals surface area contributed by atoms with E-state index in [1.807, 2.05) is 55.6 Å². The molecule has 0 radical (unpaired) electrons. The molecule has 8 heteroatoms. The highest BCUT2D eigenvalue weighted by Gasteiger charge is 2.37. The van der Waals surface area contributed by atoms with Crippen LogP contribution in [0.5, 0.6) is 0 Å². The molecule has 1 amide bonds. The molecule has 3 heterocycles. The molecular weight excluding hydrogens is 414 g/mol. The van der Waals surface area contributed by atoms with Gasteiger partial charge in [0, 0.05) is 22.5 Å². The highest BCUT2D eigenvalue weighted by molar-refractivity contribution is 8.02. The monoisotopic (exact) mass is 431 g/mol. The average Bonchev–Trinajstić information content (AvgIpc) is 3.42. The number of nitrogens with zero attached hydrogens (tertiary/aromatic N) is 3. The number of hydrogen-bond donors (Lipinski definition) is 0. The molecule has 0 bridgehead atoms. The maximum atomic E-state index is 13.2. The van der Waals surface area contributed by atoms with Crippen LogP contribution in [0.3, 0.4) is 0 Å². The molecule has 1 aliphatic heterocycles. The number of carbonyl (C=O) groups excluding carboxylic acids is 1. The Kier molecular flexibility index (Phi) is 5.57. The summed E-state index contributed by atoms with van der Waals surface area (Å²) in [6.07, 6.45) is 2.21. The van der Waals surface area contributed by atoms with E-state index in [2.05, 4.69) is 10.1 Å². The summed E-state index contributed by atoms with van der Waals surface area (Å²) in [5.41, 5.74) is 2.76. The van der Waals surface area contributed by atoms with Gasteiger partial charge in [0.25, 0.3) is 5.91 Å². The molecule has 144 valence electrons. The molecule has 0 spiro atoms. The van der Waals surface area contributed by atoms with Gasteiger partial charge in [-0.15, -0.1) is 11.3 Å². The van der Waals surface area contributed by atoms with E-state index in [1.54, 1.807) is 22.6 Å². The zero-order valence-electron chi connectivity index (χ0n) is 15.3. The molecule has 0 unspecified atom stereocenters. The third-order valence-electron chi connectivity index (χ3n) is 4.41. The summed E-state index contributed by atoms with van der Waals surface area (Å²) >= 11 is 9.01. The van der Waals surface area contributed by atoms with Crippen LogP contribution in [0.2, 0.25) is 5.02 Å². The van der Waals surface area contributed by atoms with Crippen molar-refractivity contribution in [1.82, 2.24) is 9.99 Å². The zero-order valence-corrected chi connectivity index (χ0v) is 17.7. The second-order valence-electron chi connectivity index (χ2n) is 6.49. The summed E-state index contributed by atoms with van der Waals surface area (Å²) in [4.78, 5) is 17.6. The number of carbonyl (C=O) groups is 1. The van der Waals surface area contributed by atoms with Crippen molar-refractivity contribution < 1.29 is 9.21 Å². The first-order valence-electron chi connectivity index (χ1n) is 8.80. The Morgan fingerprint density at radius 3 is 2.79 bits per heavy atom. The molecule has 4 rings (SSSR count). The fourth-order valence-electron chi connectivity index (χ4n) is 3.01. The molecule has 0 N–H and O–H groups in total. The summed E-state index contributed by atoms with van der Waals surface area (Å²) in [7, 11) is 0. The number of aryl methyl sites for hydroxylation is 1. The Bertz CT molecular complexity index is 999. The lowest BCUT2D eigenvalue weighted by atomic mass is 10.0. The second-order valence-corrected chi connectivity index (χ2v) is 9.37. The molecule has 28 heavy (non-hydrogen) atoms. The van der Waals surface area contributed by atoms with E-state index < -0.39 is 0 Å². The van der Waals surface area contributed by atoms with E-state index in [0.717, 1.165) is 27.1 Å². The Morgan fingerprint density at radius 1 is 1.36 bits per heavy atom. The zero-order chi connectivity index (χ0) is 19.7. The van der Waals surface area contributed by atoms with Crippen molar-refractivity contribution in [2.24, 2.45) is 5.10 Å². The van der Waals surface area contributed by atoms with Crippen molar-refractivity contribution in [2.45, 2.75) is 35.9 Å². The van der Waals surface area contributed by atoms with Crippen molar-refractivity contribution >= 4 is 46.3 Å². The molecule has 2 aromatic heterocycles. The summed E-state index contributed by atoms with van der Waals surface area (Å²) in [6, 6.07) is 11.0. The molecule has 1 aromatic carbocycles. The van der Waals surface area contributed by atoms with Gasteiger partial charge in [-0.3, -0.25) is 4.79 Å². The topological polar surface area (TPSA) is 58.7 Å². The first kappa shape index (κ1) is 19.2. The number of aromatic nitrogens is 1. The van der Waals surface area contributed by atoms with Gasteiger partial charge in [-0.05, 0) is 43.7 Å². The fourth-order valence-corrected chi connectivity index (χ4v) is 5.16. The normalized spacial score (nSPS) is 17.6. The highest BCUT2D eigenvalue weighted by atomic mass is 35.5. The number of hydrazone groups is 1. The minimum atomic E-state index is -0.309. The van der Waals surface area contributed by atoms with E-state index in [-0.39, 0.29) is 17.2 Å². The van der Waals surface area contributed by atoms with Crippen molar-refractivity contribution in [3.05, 3.63) is 70.1 Å². The molecule has 0 aliphatic carbocycles. The maximum Gasteiger partial charge on any atom is 0.256 e. The van der Waals surface area contributed by atoms with Crippen LogP contribution in [0.15, 0.2) is 61.9 Å². The number of furan rings is 1. The number of thiazole rings is 1. The van der Waals surface area contributed by atoms with Crippen LogP contribution in [0.25, 0.3) is 0 Å². The summed E-state index contributed by atoms with van der Waals surface area (Å²) in [6.45, 7) is 3.84. The lowest BCUT2D eigenvalue weighted by Crippen LogP contribution is -2.33. The summed E-state index contributed by atoms with van der Waals surface area (Å²) in [5.74, 6) is 0.659. The van der Waals surface area contributed by atoms with Crippen molar-refractivity contribution in [2.75, 3.05) is 0 Å². The van der Waals surface area contributed by atoms with Crippen LogP contribution in [-0.2, 0) is 4.79 Å². The second kappa shape index (κ2) is 8.11. The lowest BCUT2D eigenvalue weighted by Gasteiger charge is -2.22. The molecule has 0 fully saturated rings.